The van der Waals surface area contributed by atoms with Gasteiger partial charge in [-0.05, 0) is 24.6 Å². The Balaban J connectivity index is 2.91. The maximum absolute atomic E-state index is 12.3. The molecular formula is C12H17BrClNO2S. The molecule has 0 spiro atoms. The molecule has 0 unspecified atom stereocenters. The maximum atomic E-state index is 12.3. The molecule has 0 aliphatic carbocycles. The highest BCUT2D eigenvalue weighted by Crippen LogP contribution is 2.27. The van der Waals surface area contributed by atoms with Crippen molar-refractivity contribution in [1.29, 1.82) is 0 Å². The van der Waals surface area contributed by atoms with Crippen LogP contribution in [0.15, 0.2) is 27.6 Å². The Hall–Kier alpha value is -0.100. The monoisotopic (exact) mass is 353 g/mol. The van der Waals surface area contributed by atoms with Crippen LogP contribution in [0.25, 0.3) is 0 Å². The Morgan fingerprint density at radius 2 is 2.00 bits per heavy atom. The summed E-state index contributed by atoms with van der Waals surface area (Å²) in [6.45, 7) is 2.60. The van der Waals surface area contributed by atoms with Gasteiger partial charge < -0.3 is 0 Å². The van der Waals surface area contributed by atoms with Crippen molar-refractivity contribution < 1.29 is 8.42 Å². The number of hydrogen-bond acceptors (Lipinski definition) is 2. The highest BCUT2D eigenvalue weighted by molar-refractivity contribution is 9.10. The minimum Gasteiger partial charge on any atom is -0.207 e. The van der Waals surface area contributed by atoms with Crippen molar-refractivity contribution in [1.82, 2.24) is 4.31 Å². The third-order valence-corrected chi connectivity index (χ3v) is 5.49. The SMILES string of the molecule is CCCCCN(C)S(=O)(=O)c1ccc(Br)cc1Cl. The van der Waals surface area contributed by atoms with Gasteiger partial charge in [0.15, 0.2) is 0 Å². The van der Waals surface area contributed by atoms with Gasteiger partial charge in [0.25, 0.3) is 0 Å². The molecule has 1 rings (SSSR count). The van der Waals surface area contributed by atoms with Crippen LogP contribution in [0.2, 0.25) is 5.02 Å². The zero-order chi connectivity index (χ0) is 13.8. The summed E-state index contributed by atoms with van der Waals surface area (Å²) in [7, 11) is -1.90. The molecule has 1 aromatic rings. The van der Waals surface area contributed by atoms with Gasteiger partial charge in [-0.3, -0.25) is 0 Å². The van der Waals surface area contributed by atoms with Crippen LogP contribution in [0.4, 0.5) is 0 Å². The molecule has 0 atom stereocenters. The van der Waals surface area contributed by atoms with E-state index < -0.39 is 10.0 Å². The van der Waals surface area contributed by atoms with E-state index >= 15 is 0 Å². The number of halogens is 2. The van der Waals surface area contributed by atoms with Crippen molar-refractivity contribution in [3.05, 3.63) is 27.7 Å². The van der Waals surface area contributed by atoms with E-state index in [2.05, 4.69) is 22.9 Å². The van der Waals surface area contributed by atoms with Gasteiger partial charge in [0.1, 0.15) is 4.90 Å². The Labute approximate surface area is 122 Å². The van der Waals surface area contributed by atoms with Crippen molar-refractivity contribution in [3.63, 3.8) is 0 Å². The zero-order valence-corrected chi connectivity index (χ0v) is 13.6. The smallest absolute Gasteiger partial charge is 0.207 e. The lowest BCUT2D eigenvalue weighted by molar-refractivity contribution is 0.454. The molecule has 0 aromatic heterocycles. The number of sulfonamides is 1. The van der Waals surface area contributed by atoms with Crippen molar-refractivity contribution in [2.24, 2.45) is 0 Å². The van der Waals surface area contributed by atoms with Gasteiger partial charge in [-0.2, -0.15) is 0 Å². The number of unbranched alkanes of at least 4 members (excludes halogenated alkanes) is 2. The molecule has 0 heterocycles. The van der Waals surface area contributed by atoms with Crippen molar-refractivity contribution in [3.8, 4) is 0 Å². The van der Waals surface area contributed by atoms with Crippen LogP contribution in [0.3, 0.4) is 0 Å². The largest absolute Gasteiger partial charge is 0.244 e. The first kappa shape index (κ1) is 16.0. The molecule has 0 radical (unpaired) electrons. The van der Waals surface area contributed by atoms with Crippen LogP contribution in [0, 0.1) is 0 Å². The van der Waals surface area contributed by atoms with Crippen LogP contribution >= 0.6 is 27.5 Å². The topological polar surface area (TPSA) is 37.4 Å². The summed E-state index contributed by atoms with van der Waals surface area (Å²) < 4.78 is 26.7. The summed E-state index contributed by atoms with van der Waals surface area (Å²) in [5, 5.41) is 0.242. The van der Waals surface area contributed by atoms with Gasteiger partial charge in [0, 0.05) is 18.1 Å². The molecule has 0 saturated carbocycles. The number of benzene rings is 1. The molecule has 1 aromatic carbocycles. The first-order valence-corrected chi connectivity index (χ1v) is 8.42. The average molecular weight is 355 g/mol. The number of hydrogen-bond donors (Lipinski definition) is 0. The summed E-state index contributed by atoms with van der Waals surface area (Å²) in [5.74, 6) is 0. The summed E-state index contributed by atoms with van der Waals surface area (Å²) in [6, 6.07) is 4.80. The van der Waals surface area contributed by atoms with E-state index in [9.17, 15) is 8.42 Å². The predicted octanol–water partition coefficient (Wildman–Crippen LogP) is 3.91. The van der Waals surface area contributed by atoms with Crippen LogP contribution < -0.4 is 0 Å². The Morgan fingerprint density at radius 3 is 2.56 bits per heavy atom. The molecule has 102 valence electrons. The lowest BCUT2D eigenvalue weighted by Crippen LogP contribution is -2.28. The minimum absolute atomic E-state index is 0.159. The van der Waals surface area contributed by atoms with Gasteiger partial charge in [0.05, 0.1) is 5.02 Å². The van der Waals surface area contributed by atoms with E-state index in [4.69, 9.17) is 11.6 Å². The first-order valence-electron chi connectivity index (χ1n) is 5.81. The fraction of sp³-hybridized carbons (Fsp3) is 0.500. The number of nitrogens with zero attached hydrogens (tertiary/aromatic N) is 1. The molecule has 3 nitrogen and oxygen atoms in total. The van der Waals surface area contributed by atoms with Crippen LogP contribution in [-0.2, 0) is 10.0 Å². The molecule has 0 aliphatic heterocycles. The van der Waals surface area contributed by atoms with Gasteiger partial charge in [-0.1, -0.05) is 47.3 Å². The highest BCUT2D eigenvalue weighted by Gasteiger charge is 2.23. The van der Waals surface area contributed by atoms with Crippen molar-refractivity contribution >= 4 is 37.6 Å². The lowest BCUT2D eigenvalue weighted by Gasteiger charge is -2.17. The molecule has 6 heteroatoms. The Kier molecular flexibility index (Phi) is 6.11. The number of rotatable bonds is 6. The summed E-state index contributed by atoms with van der Waals surface area (Å²) in [5.41, 5.74) is 0. The molecule has 0 saturated heterocycles. The summed E-state index contributed by atoms with van der Waals surface area (Å²) in [6.07, 6.45) is 2.95. The van der Waals surface area contributed by atoms with E-state index in [1.54, 1.807) is 19.2 Å². The Morgan fingerprint density at radius 1 is 1.33 bits per heavy atom. The minimum atomic E-state index is -3.49. The average Bonchev–Trinajstić information content (AvgIpc) is 2.28. The second-order valence-electron chi connectivity index (χ2n) is 4.11. The quantitative estimate of drug-likeness (QED) is 0.726. The maximum Gasteiger partial charge on any atom is 0.244 e. The standard InChI is InChI=1S/C12H17BrClNO2S/c1-3-4-5-8-15(2)18(16,17)12-7-6-10(13)9-11(12)14/h6-7,9H,3-5,8H2,1-2H3. The van der Waals surface area contributed by atoms with Crippen molar-refractivity contribution in [2.45, 2.75) is 31.1 Å². The Bertz CT molecular complexity index is 505. The fourth-order valence-electron chi connectivity index (χ4n) is 1.56. The first-order chi connectivity index (χ1) is 8.39. The third-order valence-electron chi connectivity index (χ3n) is 2.66. The highest BCUT2D eigenvalue weighted by atomic mass is 79.9. The molecule has 0 N–H and O–H groups in total. The molecule has 0 aliphatic rings. The molecule has 0 amide bonds. The second kappa shape index (κ2) is 6.89. The van der Waals surface area contributed by atoms with Crippen LogP contribution in [-0.4, -0.2) is 26.3 Å². The molecule has 0 bridgehead atoms. The van der Waals surface area contributed by atoms with E-state index in [1.807, 2.05) is 0 Å². The van der Waals surface area contributed by atoms with E-state index in [1.165, 1.54) is 10.4 Å². The van der Waals surface area contributed by atoms with Gasteiger partial charge >= 0.3 is 0 Å². The van der Waals surface area contributed by atoms with Crippen LogP contribution in [0.5, 0.6) is 0 Å². The van der Waals surface area contributed by atoms with Gasteiger partial charge in [-0.25, -0.2) is 12.7 Å². The third kappa shape index (κ3) is 3.95. The molecular weight excluding hydrogens is 338 g/mol. The second-order valence-corrected chi connectivity index (χ2v) is 7.44. The normalized spacial score (nSPS) is 12.1. The van der Waals surface area contributed by atoms with E-state index in [0.717, 1.165) is 23.7 Å². The van der Waals surface area contributed by atoms with Crippen LogP contribution in [0.1, 0.15) is 26.2 Å². The fourth-order valence-corrected chi connectivity index (χ4v) is 3.77. The summed E-state index contributed by atoms with van der Waals surface area (Å²) >= 11 is 9.24. The lowest BCUT2D eigenvalue weighted by atomic mass is 10.2. The van der Waals surface area contributed by atoms with Gasteiger partial charge in [0.2, 0.25) is 10.0 Å². The zero-order valence-electron chi connectivity index (χ0n) is 10.5. The van der Waals surface area contributed by atoms with E-state index in [-0.39, 0.29) is 9.92 Å². The van der Waals surface area contributed by atoms with Crippen molar-refractivity contribution in [2.75, 3.05) is 13.6 Å². The predicted molar refractivity (Wildman–Crippen MR) is 78.5 cm³/mol. The molecule has 0 fully saturated rings. The van der Waals surface area contributed by atoms with Gasteiger partial charge in [-0.15, -0.1) is 0 Å². The van der Waals surface area contributed by atoms with E-state index in [0.29, 0.717) is 6.54 Å². The molecule has 18 heavy (non-hydrogen) atoms. The summed E-state index contributed by atoms with van der Waals surface area (Å²) in [4.78, 5) is 0.159.